The normalized spacial score (nSPS) is 9.67. The molecule has 0 nitrogen and oxygen atoms in total. The molecule has 0 saturated heterocycles. The Labute approximate surface area is 160 Å². The van der Waals surface area contributed by atoms with E-state index in [4.69, 9.17) is 0 Å². The van der Waals surface area contributed by atoms with Crippen LogP contribution in [0.15, 0.2) is 54.6 Å². The highest BCUT2D eigenvalue weighted by atomic mass is 19.1. The molecular weight excluding hydrogens is 345 g/mol. The summed E-state index contributed by atoms with van der Waals surface area (Å²) in [5.74, 6) is -0.425. The minimum Gasteiger partial charge on any atom is -0.207 e. The summed E-state index contributed by atoms with van der Waals surface area (Å²) in [4.78, 5) is 0. The van der Waals surface area contributed by atoms with Crippen molar-refractivity contribution in [3.63, 3.8) is 0 Å². The standard InChI is InChI=1S/C9H11F.C8H9F.C7H7F/c1-6-4-8(3)9(10)5-7(6)2;1-6-3-4-8(9)5-7(6)2;1-6-3-2-4-7(8)5-6/h4-5H,1-3H3;3-5H,1-2H3;2-5H,1H3. The van der Waals surface area contributed by atoms with E-state index >= 15 is 0 Å². The zero-order valence-corrected chi connectivity index (χ0v) is 16.8. The molecule has 0 N–H and O–H groups in total. The summed E-state index contributed by atoms with van der Waals surface area (Å²) in [6.07, 6.45) is 0. The van der Waals surface area contributed by atoms with Crippen molar-refractivity contribution in [3.05, 3.63) is 105 Å². The molecule has 0 aromatic heterocycles. The Morgan fingerprint density at radius 2 is 1.04 bits per heavy atom. The number of hydrogen-bond donors (Lipinski definition) is 0. The molecule has 0 amide bonds. The van der Waals surface area contributed by atoms with Gasteiger partial charge in [0.05, 0.1) is 0 Å². The van der Waals surface area contributed by atoms with Gasteiger partial charge in [0.2, 0.25) is 0 Å². The zero-order chi connectivity index (χ0) is 20.6. The highest BCUT2D eigenvalue weighted by Crippen LogP contribution is 2.12. The van der Waals surface area contributed by atoms with E-state index in [1.54, 1.807) is 25.1 Å². The lowest BCUT2D eigenvalue weighted by Gasteiger charge is -2.01. The van der Waals surface area contributed by atoms with Crippen LogP contribution in [0.3, 0.4) is 0 Å². The van der Waals surface area contributed by atoms with Gasteiger partial charge in [-0.2, -0.15) is 0 Å². The molecule has 144 valence electrons. The van der Waals surface area contributed by atoms with E-state index in [9.17, 15) is 13.2 Å². The molecule has 0 atom stereocenters. The van der Waals surface area contributed by atoms with Gasteiger partial charge >= 0.3 is 0 Å². The molecule has 3 heteroatoms. The molecule has 3 rings (SSSR count). The summed E-state index contributed by atoms with van der Waals surface area (Å²) in [5.41, 5.74) is 6.00. The number of rotatable bonds is 0. The van der Waals surface area contributed by atoms with Gasteiger partial charge < -0.3 is 0 Å². The Hall–Kier alpha value is -2.55. The highest BCUT2D eigenvalue weighted by Gasteiger charge is 1.98. The SMILES string of the molecule is Cc1cc(C)c(F)cc1C.Cc1ccc(F)cc1C.Cc1cccc(F)c1. The van der Waals surface area contributed by atoms with Crippen molar-refractivity contribution in [3.8, 4) is 0 Å². The van der Waals surface area contributed by atoms with E-state index in [0.717, 1.165) is 33.4 Å². The van der Waals surface area contributed by atoms with Crippen LogP contribution in [0, 0.1) is 59.0 Å². The molecule has 0 bridgehead atoms. The van der Waals surface area contributed by atoms with Crippen LogP contribution in [-0.4, -0.2) is 0 Å². The van der Waals surface area contributed by atoms with Crippen LogP contribution in [0.1, 0.15) is 33.4 Å². The van der Waals surface area contributed by atoms with Crippen LogP contribution in [0.2, 0.25) is 0 Å². The minimum absolute atomic E-state index is 0.108. The van der Waals surface area contributed by atoms with Gasteiger partial charge in [0.1, 0.15) is 17.5 Å². The number of aryl methyl sites for hydroxylation is 6. The molecule has 27 heavy (non-hydrogen) atoms. The van der Waals surface area contributed by atoms with Gasteiger partial charge in [-0.3, -0.25) is 0 Å². The summed E-state index contributed by atoms with van der Waals surface area (Å²) >= 11 is 0. The van der Waals surface area contributed by atoms with Crippen LogP contribution in [0.4, 0.5) is 13.2 Å². The molecule has 0 aliphatic carbocycles. The maximum Gasteiger partial charge on any atom is 0.126 e. The average Bonchev–Trinajstić information content (AvgIpc) is 2.58. The predicted molar refractivity (Wildman–Crippen MR) is 108 cm³/mol. The van der Waals surface area contributed by atoms with Gasteiger partial charge in [-0.1, -0.05) is 24.3 Å². The fourth-order valence-corrected chi connectivity index (χ4v) is 2.24. The van der Waals surface area contributed by atoms with Gasteiger partial charge in [-0.15, -0.1) is 0 Å². The van der Waals surface area contributed by atoms with E-state index < -0.39 is 0 Å². The van der Waals surface area contributed by atoms with Crippen molar-refractivity contribution >= 4 is 0 Å². The molecule has 0 spiro atoms. The quantitative estimate of drug-likeness (QED) is 0.387. The number of halogens is 3. The molecule has 3 aromatic rings. The monoisotopic (exact) mass is 372 g/mol. The molecule has 0 saturated carbocycles. The molecular formula is C24H27F3. The van der Waals surface area contributed by atoms with Crippen molar-refractivity contribution < 1.29 is 13.2 Å². The first-order valence-electron chi connectivity index (χ1n) is 8.78. The lowest BCUT2D eigenvalue weighted by Crippen LogP contribution is -1.87. The van der Waals surface area contributed by atoms with Gasteiger partial charge in [0, 0.05) is 0 Å². The van der Waals surface area contributed by atoms with Crippen LogP contribution >= 0.6 is 0 Å². The van der Waals surface area contributed by atoms with Crippen LogP contribution in [-0.2, 0) is 0 Å². The van der Waals surface area contributed by atoms with Gasteiger partial charge in [-0.05, 0) is 105 Å². The Bertz CT molecular complexity index is 815. The van der Waals surface area contributed by atoms with E-state index in [1.807, 2.05) is 46.8 Å². The van der Waals surface area contributed by atoms with E-state index in [1.165, 1.54) is 24.3 Å². The van der Waals surface area contributed by atoms with Crippen molar-refractivity contribution in [2.24, 2.45) is 0 Å². The maximum absolute atomic E-state index is 12.8. The zero-order valence-electron chi connectivity index (χ0n) is 16.8. The maximum atomic E-state index is 12.8. The summed E-state index contributed by atoms with van der Waals surface area (Å²) in [7, 11) is 0. The largest absolute Gasteiger partial charge is 0.207 e. The fourth-order valence-electron chi connectivity index (χ4n) is 2.24. The number of hydrogen-bond acceptors (Lipinski definition) is 0. The second-order valence-corrected chi connectivity index (χ2v) is 6.71. The molecule has 0 unspecified atom stereocenters. The third-order valence-corrected chi connectivity index (χ3v) is 4.22. The van der Waals surface area contributed by atoms with Crippen LogP contribution < -0.4 is 0 Å². The third kappa shape index (κ3) is 8.12. The first-order chi connectivity index (χ1) is 12.6. The van der Waals surface area contributed by atoms with E-state index in [-0.39, 0.29) is 17.5 Å². The summed E-state index contributed by atoms with van der Waals surface area (Å²) in [6, 6.07) is 14.7. The molecule has 3 aromatic carbocycles. The Kier molecular flexibility index (Phi) is 8.80. The first-order valence-corrected chi connectivity index (χ1v) is 8.78. The number of benzene rings is 3. The molecule has 0 radical (unpaired) electrons. The Morgan fingerprint density at radius 3 is 1.48 bits per heavy atom. The molecule has 0 aliphatic heterocycles. The van der Waals surface area contributed by atoms with Crippen molar-refractivity contribution in [1.29, 1.82) is 0 Å². The first kappa shape index (κ1) is 22.5. The summed E-state index contributed by atoms with van der Waals surface area (Å²) in [6.45, 7) is 11.4. The smallest absolute Gasteiger partial charge is 0.126 e. The Morgan fingerprint density at radius 1 is 0.481 bits per heavy atom. The van der Waals surface area contributed by atoms with Crippen molar-refractivity contribution in [2.45, 2.75) is 41.5 Å². The van der Waals surface area contributed by atoms with E-state index in [2.05, 4.69) is 0 Å². The average molecular weight is 372 g/mol. The topological polar surface area (TPSA) is 0 Å². The minimum atomic E-state index is -0.162. The fraction of sp³-hybridized carbons (Fsp3) is 0.250. The van der Waals surface area contributed by atoms with Crippen molar-refractivity contribution in [2.75, 3.05) is 0 Å². The summed E-state index contributed by atoms with van der Waals surface area (Å²) < 4.78 is 37.3. The van der Waals surface area contributed by atoms with Crippen LogP contribution in [0.25, 0.3) is 0 Å². The highest BCUT2D eigenvalue weighted by molar-refractivity contribution is 5.30. The predicted octanol–water partition coefficient (Wildman–Crippen LogP) is 7.33. The van der Waals surface area contributed by atoms with Crippen molar-refractivity contribution in [1.82, 2.24) is 0 Å². The second-order valence-electron chi connectivity index (χ2n) is 6.71. The third-order valence-electron chi connectivity index (χ3n) is 4.22. The molecule has 0 aliphatic rings. The lowest BCUT2D eigenvalue weighted by molar-refractivity contribution is 0.616. The second kappa shape index (κ2) is 10.6. The summed E-state index contributed by atoms with van der Waals surface area (Å²) in [5, 5.41) is 0. The van der Waals surface area contributed by atoms with Gasteiger partial charge in [0.15, 0.2) is 0 Å². The van der Waals surface area contributed by atoms with Gasteiger partial charge in [-0.25, -0.2) is 13.2 Å². The lowest BCUT2D eigenvalue weighted by atomic mass is 10.1. The molecule has 0 heterocycles. The Balaban J connectivity index is 0.000000204. The molecule has 0 fully saturated rings. The van der Waals surface area contributed by atoms with Crippen LogP contribution in [0.5, 0.6) is 0 Å². The van der Waals surface area contributed by atoms with E-state index in [0.29, 0.717) is 0 Å². The van der Waals surface area contributed by atoms with Gasteiger partial charge in [0.25, 0.3) is 0 Å².